The molecule has 3 nitrogen and oxygen atoms in total. The van der Waals surface area contributed by atoms with Gasteiger partial charge in [0.15, 0.2) is 0 Å². The van der Waals surface area contributed by atoms with Crippen molar-refractivity contribution in [2.45, 2.75) is 31.6 Å². The molecule has 1 aromatic heterocycles. The lowest BCUT2D eigenvalue weighted by molar-refractivity contribution is 0.204. The van der Waals surface area contributed by atoms with E-state index in [9.17, 15) is 0 Å². The number of hydrogen-bond acceptors (Lipinski definition) is 3. The summed E-state index contributed by atoms with van der Waals surface area (Å²) in [5.41, 5.74) is 4.66. The zero-order valence-corrected chi connectivity index (χ0v) is 16.9. The Labute approximate surface area is 172 Å². The van der Waals surface area contributed by atoms with Gasteiger partial charge in [0.05, 0.1) is 5.69 Å². The van der Waals surface area contributed by atoms with Crippen LogP contribution in [0.25, 0.3) is 11.1 Å². The van der Waals surface area contributed by atoms with Gasteiger partial charge in [0.1, 0.15) is 6.33 Å². The number of hydrogen-bond donors (Lipinski definition) is 0. The molecule has 1 aliphatic heterocycles. The highest BCUT2D eigenvalue weighted by molar-refractivity contribution is 6.33. The fraction of sp³-hybridized carbons (Fsp3) is 0.333. The zero-order chi connectivity index (χ0) is 19.2. The van der Waals surface area contributed by atoms with Crippen LogP contribution >= 0.6 is 11.6 Å². The van der Waals surface area contributed by atoms with Crippen LogP contribution in [0.4, 0.5) is 0 Å². The molecule has 0 amide bonds. The highest BCUT2D eigenvalue weighted by atomic mass is 35.5. The molecule has 28 heavy (non-hydrogen) atoms. The maximum atomic E-state index is 6.46. The van der Waals surface area contributed by atoms with Crippen LogP contribution in [0.1, 0.15) is 36.4 Å². The molecule has 2 aromatic carbocycles. The van der Waals surface area contributed by atoms with Crippen LogP contribution in [-0.4, -0.2) is 34.5 Å². The lowest BCUT2D eigenvalue weighted by Crippen LogP contribution is -2.35. The van der Waals surface area contributed by atoms with E-state index in [0.717, 1.165) is 41.4 Å². The predicted molar refractivity (Wildman–Crippen MR) is 116 cm³/mol. The van der Waals surface area contributed by atoms with Crippen LogP contribution < -0.4 is 0 Å². The van der Waals surface area contributed by atoms with E-state index in [2.05, 4.69) is 51.3 Å². The van der Waals surface area contributed by atoms with Crippen molar-refractivity contribution < 1.29 is 0 Å². The van der Waals surface area contributed by atoms with Crippen LogP contribution in [0.5, 0.6) is 0 Å². The van der Waals surface area contributed by atoms with E-state index >= 15 is 0 Å². The normalized spacial score (nSPS) is 17.5. The van der Waals surface area contributed by atoms with Crippen molar-refractivity contribution >= 4 is 11.6 Å². The molecule has 0 N–H and O–H groups in total. The largest absolute Gasteiger partial charge is 0.303 e. The molecule has 2 heterocycles. The molecule has 1 fully saturated rings. The summed E-state index contributed by atoms with van der Waals surface area (Å²) < 4.78 is 0. The molecule has 144 valence electrons. The van der Waals surface area contributed by atoms with Gasteiger partial charge in [-0.15, -0.1) is 0 Å². The topological polar surface area (TPSA) is 29.0 Å². The van der Waals surface area contributed by atoms with Gasteiger partial charge in [-0.25, -0.2) is 9.97 Å². The lowest BCUT2D eigenvalue weighted by Gasteiger charge is -2.33. The molecule has 4 rings (SSSR count). The molecule has 0 spiro atoms. The van der Waals surface area contributed by atoms with E-state index in [1.807, 2.05) is 24.4 Å². The number of aryl methyl sites for hydroxylation is 1. The van der Waals surface area contributed by atoms with E-state index in [0.29, 0.717) is 5.92 Å². The maximum Gasteiger partial charge on any atom is 0.115 e. The van der Waals surface area contributed by atoms with Gasteiger partial charge in [-0.05, 0) is 50.4 Å². The van der Waals surface area contributed by atoms with Crippen molar-refractivity contribution in [3.63, 3.8) is 0 Å². The third kappa shape index (κ3) is 4.60. The number of likely N-dealkylation sites (tertiary alicyclic amines) is 1. The first-order chi connectivity index (χ1) is 13.8. The minimum atomic E-state index is 0.430. The quantitative estimate of drug-likeness (QED) is 0.546. The average Bonchev–Trinajstić information content (AvgIpc) is 2.75. The smallest absolute Gasteiger partial charge is 0.115 e. The van der Waals surface area contributed by atoms with Gasteiger partial charge in [-0.1, -0.05) is 60.1 Å². The van der Waals surface area contributed by atoms with E-state index in [1.54, 1.807) is 6.33 Å². The molecule has 1 atom stereocenters. The second-order valence-corrected chi connectivity index (χ2v) is 7.94. The molecule has 0 radical (unpaired) electrons. The molecule has 1 saturated heterocycles. The second-order valence-electron chi connectivity index (χ2n) is 7.53. The standard InChI is InChI=1S/C24H26ClN3/c25-23-13-5-4-12-21(23)22-16-26-18-27-24(22)20-11-7-15-28(17-20)14-6-10-19-8-2-1-3-9-19/h1-5,8-9,12-13,16,18,20H,6-7,10-11,14-15,17H2/t20-/m0/s1. The summed E-state index contributed by atoms with van der Waals surface area (Å²) in [4.78, 5) is 11.6. The van der Waals surface area contributed by atoms with Gasteiger partial charge in [0.25, 0.3) is 0 Å². The predicted octanol–water partition coefficient (Wildman–Crippen LogP) is 5.61. The summed E-state index contributed by atoms with van der Waals surface area (Å²) >= 11 is 6.46. The Morgan fingerprint density at radius 2 is 1.82 bits per heavy atom. The van der Waals surface area contributed by atoms with E-state index in [4.69, 9.17) is 11.6 Å². The van der Waals surface area contributed by atoms with Crippen LogP contribution in [-0.2, 0) is 6.42 Å². The van der Waals surface area contributed by atoms with Crippen LogP contribution in [0.3, 0.4) is 0 Å². The molecular weight excluding hydrogens is 366 g/mol. The van der Waals surface area contributed by atoms with Gasteiger partial charge in [0, 0.05) is 34.8 Å². The molecule has 0 saturated carbocycles. The first-order valence-corrected chi connectivity index (χ1v) is 10.5. The van der Waals surface area contributed by atoms with Crippen molar-refractivity contribution in [1.82, 2.24) is 14.9 Å². The van der Waals surface area contributed by atoms with Gasteiger partial charge in [0.2, 0.25) is 0 Å². The minimum Gasteiger partial charge on any atom is -0.303 e. The summed E-state index contributed by atoms with van der Waals surface area (Å²) in [7, 11) is 0. The molecule has 0 bridgehead atoms. The third-order valence-electron chi connectivity index (χ3n) is 5.58. The Kier molecular flexibility index (Phi) is 6.35. The Morgan fingerprint density at radius 1 is 1.00 bits per heavy atom. The molecule has 0 aliphatic carbocycles. The van der Waals surface area contributed by atoms with Crippen molar-refractivity contribution in [3.05, 3.63) is 83.4 Å². The monoisotopic (exact) mass is 391 g/mol. The van der Waals surface area contributed by atoms with Crippen LogP contribution in [0.2, 0.25) is 5.02 Å². The summed E-state index contributed by atoms with van der Waals surface area (Å²) in [6, 6.07) is 18.7. The van der Waals surface area contributed by atoms with Gasteiger partial charge in [-0.2, -0.15) is 0 Å². The Bertz CT molecular complexity index is 897. The summed E-state index contributed by atoms with van der Waals surface area (Å²) in [5.74, 6) is 0.430. The number of halogens is 1. The molecule has 0 unspecified atom stereocenters. The summed E-state index contributed by atoms with van der Waals surface area (Å²) in [5, 5.41) is 0.758. The number of piperidine rings is 1. The van der Waals surface area contributed by atoms with Crippen molar-refractivity contribution in [2.24, 2.45) is 0 Å². The van der Waals surface area contributed by atoms with Crippen LogP contribution in [0, 0.1) is 0 Å². The van der Waals surface area contributed by atoms with Crippen molar-refractivity contribution in [3.8, 4) is 11.1 Å². The van der Waals surface area contributed by atoms with E-state index in [1.165, 1.54) is 31.4 Å². The van der Waals surface area contributed by atoms with E-state index < -0.39 is 0 Å². The van der Waals surface area contributed by atoms with Crippen LogP contribution in [0.15, 0.2) is 67.1 Å². The first-order valence-electron chi connectivity index (χ1n) is 10.1. The number of benzene rings is 2. The molecular formula is C24H26ClN3. The third-order valence-corrected chi connectivity index (χ3v) is 5.91. The van der Waals surface area contributed by atoms with Gasteiger partial charge in [-0.3, -0.25) is 0 Å². The average molecular weight is 392 g/mol. The molecule has 1 aliphatic rings. The highest BCUT2D eigenvalue weighted by Gasteiger charge is 2.25. The Hall–Kier alpha value is -2.23. The lowest BCUT2D eigenvalue weighted by atomic mass is 9.90. The number of aromatic nitrogens is 2. The Morgan fingerprint density at radius 3 is 2.68 bits per heavy atom. The van der Waals surface area contributed by atoms with Crippen molar-refractivity contribution in [2.75, 3.05) is 19.6 Å². The van der Waals surface area contributed by atoms with Crippen molar-refractivity contribution in [1.29, 1.82) is 0 Å². The van der Waals surface area contributed by atoms with Gasteiger partial charge >= 0.3 is 0 Å². The SMILES string of the molecule is Clc1ccccc1-c1cncnc1[C@H]1CCCN(CCCc2ccccc2)C1. The fourth-order valence-corrected chi connectivity index (χ4v) is 4.42. The first kappa shape index (κ1) is 19.1. The minimum absolute atomic E-state index is 0.430. The number of rotatable bonds is 6. The second kappa shape index (κ2) is 9.31. The molecule has 3 aromatic rings. The summed E-state index contributed by atoms with van der Waals surface area (Å²) in [6.07, 6.45) is 8.30. The maximum absolute atomic E-state index is 6.46. The highest BCUT2D eigenvalue weighted by Crippen LogP contribution is 2.35. The van der Waals surface area contributed by atoms with Gasteiger partial charge < -0.3 is 4.90 Å². The fourth-order valence-electron chi connectivity index (χ4n) is 4.18. The van der Waals surface area contributed by atoms with E-state index in [-0.39, 0.29) is 0 Å². The molecule has 4 heteroatoms. The summed E-state index contributed by atoms with van der Waals surface area (Å²) in [6.45, 7) is 3.37. The Balaban J connectivity index is 1.44. The zero-order valence-electron chi connectivity index (χ0n) is 16.1. The number of nitrogens with zero attached hydrogens (tertiary/aromatic N) is 3.